The lowest BCUT2D eigenvalue weighted by molar-refractivity contribution is 0.101. The minimum Gasteiger partial charge on any atom is -0.294 e. The highest BCUT2D eigenvalue weighted by molar-refractivity contribution is 6.08. The number of fused-ring (bicyclic) bond motifs is 1. The third-order valence-corrected chi connectivity index (χ3v) is 2.46. The smallest absolute Gasteiger partial charge is 0.178 e. The number of benzene rings is 1. The molecule has 0 aliphatic heterocycles. The van der Waals surface area contributed by atoms with E-state index in [0.29, 0.717) is 16.8 Å². The minimum atomic E-state index is -0.131. The number of pyridine rings is 1. The monoisotopic (exact) mass is 213 g/mol. The van der Waals surface area contributed by atoms with E-state index in [1.807, 2.05) is 18.2 Å². The number of Topliss-reactive ketones (excluding diaryl/α,β-unsaturated/α-hetero) is 2. The number of carbonyl (C=O) groups is 2. The van der Waals surface area contributed by atoms with Crippen molar-refractivity contribution in [3.8, 4) is 0 Å². The van der Waals surface area contributed by atoms with Gasteiger partial charge in [0.2, 0.25) is 0 Å². The van der Waals surface area contributed by atoms with Crippen LogP contribution in [0.2, 0.25) is 0 Å². The van der Waals surface area contributed by atoms with Crippen LogP contribution in [0.5, 0.6) is 0 Å². The maximum Gasteiger partial charge on any atom is 0.178 e. The third-order valence-electron chi connectivity index (χ3n) is 2.46. The zero-order valence-corrected chi connectivity index (χ0v) is 9.15. The quantitative estimate of drug-likeness (QED) is 0.720. The molecule has 3 heteroatoms. The molecule has 0 aliphatic rings. The van der Waals surface area contributed by atoms with Gasteiger partial charge in [-0.15, -0.1) is 0 Å². The summed E-state index contributed by atoms with van der Waals surface area (Å²) in [5.74, 6) is -0.186. The van der Waals surface area contributed by atoms with Crippen LogP contribution in [-0.2, 0) is 0 Å². The van der Waals surface area contributed by atoms with Gasteiger partial charge in [0.05, 0.1) is 5.52 Å². The second-order valence-electron chi connectivity index (χ2n) is 3.68. The van der Waals surface area contributed by atoms with Crippen molar-refractivity contribution in [2.24, 2.45) is 0 Å². The molecule has 0 bridgehead atoms. The molecular weight excluding hydrogens is 202 g/mol. The van der Waals surface area contributed by atoms with Crippen molar-refractivity contribution in [1.29, 1.82) is 0 Å². The molecule has 2 rings (SSSR count). The van der Waals surface area contributed by atoms with Crippen molar-refractivity contribution >= 4 is 22.5 Å². The first-order valence-electron chi connectivity index (χ1n) is 5.01. The van der Waals surface area contributed by atoms with Gasteiger partial charge >= 0.3 is 0 Å². The largest absolute Gasteiger partial charge is 0.294 e. The van der Waals surface area contributed by atoms with E-state index < -0.39 is 0 Å². The molecular formula is C13H11NO2. The van der Waals surface area contributed by atoms with E-state index in [4.69, 9.17) is 0 Å². The molecule has 0 N–H and O–H groups in total. The molecule has 16 heavy (non-hydrogen) atoms. The number of carbonyl (C=O) groups excluding carboxylic acids is 2. The second kappa shape index (κ2) is 3.85. The highest BCUT2D eigenvalue weighted by Gasteiger charge is 2.11. The number of rotatable bonds is 2. The summed E-state index contributed by atoms with van der Waals surface area (Å²) < 4.78 is 0. The average Bonchev–Trinajstić information content (AvgIpc) is 2.27. The first-order chi connectivity index (χ1) is 7.59. The van der Waals surface area contributed by atoms with Crippen molar-refractivity contribution in [1.82, 2.24) is 4.98 Å². The lowest BCUT2D eigenvalue weighted by Gasteiger charge is -2.05. The zero-order valence-electron chi connectivity index (χ0n) is 9.15. The fourth-order valence-corrected chi connectivity index (χ4v) is 1.65. The van der Waals surface area contributed by atoms with Crippen molar-refractivity contribution in [3.63, 3.8) is 0 Å². The Hall–Kier alpha value is -2.03. The lowest BCUT2D eigenvalue weighted by atomic mass is 10.0. The summed E-state index contributed by atoms with van der Waals surface area (Å²) >= 11 is 0. The fourth-order valence-electron chi connectivity index (χ4n) is 1.65. The van der Waals surface area contributed by atoms with E-state index in [2.05, 4.69) is 4.98 Å². The molecule has 1 heterocycles. The van der Waals surface area contributed by atoms with Gasteiger partial charge in [-0.1, -0.05) is 18.2 Å². The summed E-state index contributed by atoms with van der Waals surface area (Å²) in [6.45, 7) is 2.94. The molecule has 0 atom stereocenters. The minimum absolute atomic E-state index is 0.0545. The Labute approximate surface area is 93.1 Å². The van der Waals surface area contributed by atoms with Crippen molar-refractivity contribution in [2.75, 3.05) is 0 Å². The van der Waals surface area contributed by atoms with E-state index in [0.717, 1.165) is 5.39 Å². The molecule has 0 fully saturated rings. The Morgan fingerprint density at radius 1 is 1.06 bits per heavy atom. The van der Waals surface area contributed by atoms with Gasteiger partial charge in [0, 0.05) is 17.9 Å². The molecule has 0 saturated carbocycles. The standard InChI is InChI=1S/C13H11NO2/c1-8(15)11-7-13(9(2)16)14-12-6-4-3-5-10(11)12/h3-7H,1-2H3. The van der Waals surface area contributed by atoms with Crippen molar-refractivity contribution < 1.29 is 9.59 Å². The zero-order chi connectivity index (χ0) is 11.7. The number of hydrogen-bond acceptors (Lipinski definition) is 3. The first kappa shape index (κ1) is 10.5. The van der Waals surface area contributed by atoms with Crippen LogP contribution >= 0.6 is 0 Å². The van der Waals surface area contributed by atoms with Crippen LogP contribution in [0.25, 0.3) is 10.9 Å². The van der Waals surface area contributed by atoms with Crippen LogP contribution in [0.1, 0.15) is 34.7 Å². The maximum absolute atomic E-state index is 11.5. The molecule has 2 aromatic rings. The van der Waals surface area contributed by atoms with Crippen LogP contribution < -0.4 is 0 Å². The van der Waals surface area contributed by atoms with E-state index in [-0.39, 0.29) is 11.6 Å². The maximum atomic E-state index is 11.5. The predicted molar refractivity (Wildman–Crippen MR) is 61.8 cm³/mol. The van der Waals surface area contributed by atoms with Crippen molar-refractivity contribution in [2.45, 2.75) is 13.8 Å². The molecule has 0 spiro atoms. The van der Waals surface area contributed by atoms with Crippen LogP contribution in [0.4, 0.5) is 0 Å². The number of hydrogen-bond donors (Lipinski definition) is 0. The summed E-state index contributed by atoms with van der Waals surface area (Å²) in [4.78, 5) is 27.0. The molecule has 3 nitrogen and oxygen atoms in total. The molecule has 0 unspecified atom stereocenters. The van der Waals surface area contributed by atoms with Gasteiger partial charge in [0.1, 0.15) is 5.69 Å². The Bertz CT molecular complexity index is 588. The topological polar surface area (TPSA) is 47.0 Å². The fraction of sp³-hybridized carbons (Fsp3) is 0.154. The SMILES string of the molecule is CC(=O)c1cc(C(C)=O)c2ccccc2n1. The normalized spacial score (nSPS) is 10.4. The van der Waals surface area contributed by atoms with Gasteiger partial charge in [-0.2, -0.15) is 0 Å². The number of nitrogens with zero attached hydrogens (tertiary/aromatic N) is 1. The molecule has 0 amide bonds. The van der Waals surface area contributed by atoms with Crippen molar-refractivity contribution in [3.05, 3.63) is 41.6 Å². The highest BCUT2D eigenvalue weighted by atomic mass is 16.1. The Balaban J connectivity index is 2.84. The Kier molecular flexibility index (Phi) is 2.52. The van der Waals surface area contributed by atoms with Gasteiger partial charge < -0.3 is 0 Å². The van der Waals surface area contributed by atoms with Crippen LogP contribution in [-0.4, -0.2) is 16.6 Å². The van der Waals surface area contributed by atoms with E-state index >= 15 is 0 Å². The Morgan fingerprint density at radius 2 is 1.75 bits per heavy atom. The molecule has 0 aliphatic carbocycles. The number of para-hydroxylation sites is 1. The van der Waals surface area contributed by atoms with Gasteiger partial charge in [-0.05, 0) is 19.1 Å². The van der Waals surface area contributed by atoms with Gasteiger partial charge in [-0.25, -0.2) is 4.98 Å². The van der Waals surface area contributed by atoms with E-state index in [1.54, 1.807) is 12.1 Å². The summed E-state index contributed by atoms with van der Waals surface area (Å²) in [7, 11) is 0. The number of ketones is 2. The first-order valence-corrected chi connectivity index (χ1v) is 5.01. The molecule has 80 valence electrons. The lowest BCUT2D eigenvalue weighted by Crippen LogP contribution is -2.02. The van der Waals surface area contributed by atoms with Crippen LogP contribution in [0.3, 0.4) is 0 Å². The van der Waals surface area contributed by atoms with Gasteiger partial charge in [0.15, 0.2) is 11.6 Å². The molecule has 0 radical (unpaired) electrons. The van der Waals surface area contributed by atoms with E-state index in [9.17, 15) is 9.59 Å². The van der Waals surface area contributed by atoms with E-state index in [1.165, 1.54) is 13.8 Å². The molecule has 0 saturated heterocycles. The van der Waals surface area contributed by atoms with Crippen LogP contribution in [0.15, 0.2) is 30.3 Å². The van der Waals surface area contributed by atoms with Gasteiger partial charge in [0.25, 0.3) is 0 Å². The average molecular weight is 213 g/mol. The summed E-state index contributed by atoms with van der Waals surface area (Å²) in [6, 6.07) is 8.89. The molecule has 1 aromatic heterocycles. The summed E-state index contributed by atoms with van der Waals surface area (Å²) in [6.07, 6.45) is 0. The molecule has 1 aromatic carbocycles. The van der Waals surface area contributed by atoms with Gasteiger partial charge in [-0.3, -0.25) is 9.59 Å². The summed E-state index contributed by atoms with van der Waals surface area (Å²) in [5.41, 5.74) is 1.57. The third kappa shape index (κ3) is 1.72. The Morgan fingerprint density at radius 3 is 2.38 bits per heavy atom. The second-order valence-corrected chi connectivity index (χ2v) is 3.68. The number of aromatic nitrogens is 1. The highest BCUT2D eigenvalue weighted by Crippen LogP contribution is 2.19. The van der Waals surface area contributed by atoms with Crippen LogP contribution in [0, 0.1) is 0 Å². The predicted octanol–water partition coefficient (Wildman–Crippen LogP) is 2.64. The summed E-state index contributed by atoms with van der Waals surface area (Å²) in [5, 5.41) is 0.792.